The molecule has 6 nitrogen and oxygen atoms in total. The zero-order chi connectivity index (χ0) is 30.9. The molecule has 0 saturated heterocycles. The van der Waals surface area contributed by atoms with Crippen molar-refractivity contribution in [3.63, 3.8) is 0 Å². The van der Waals surface area contributed by atoms with E-state index in [-0.39, 0.29) is 16.7 Å². The first kappa shape index (κ1) is 34.5. The Bertz CT molecular complexity index is 1490. The van der Waals surface area contributed by atoms with Gasteiger partial charge in [-0.15, -0.1) is 0 Å². The zero-order valence-electron chi connectivity index (χ0n) is 20.3. The smallest absolute Gasteiger partial charge is 0.255 e. The standard InChI is InChI=1S/C27H12Br9N3O3/c28-13-4-16(31)22(17(32)5-13)37-25(40)10-1-11(26(41)38-23-18(33)6-14(29)7-19(23)34)3-12(2-10)27(42)39-24-20(35)8-15(30)9-21(24)36/h1-9H,(H,37,40)(H,38,41)(H,39,42). The van der Waals surface area contributed by atoms with Crippen LogP contribution in [0.15, 0.2) is 94.9 Å². The van der Waals surface area contributed by atoms with Gasteiger partial charge in [-0.25, -0.2) is 0 Å². The van der Waals surface area contributed by atoms with Crippen LogP contribution in [0.2, 0.25) is 0 Å². The van der Waals surface area contributed by atoms with E-state index in [0.29, 0.717) is 43.9 Å². The molecule has 0 aliphatic heterocycles. The minimum atomic E-state index is -0.528. The summed E-state index contributed by atoms with van der Waals surface area (Å²) in [6, 6.07) is 15.0. The summed E-state index contributed by atoms with van der Waals surface area (Å²) in [4.78, 5) is 40.5. The van der Waals surface area contributed by atoms with E-state index < -0.39 is 17.7 Å². The highest BCUT2D eigenvalue weighted by molar-refractivity contribution is 9.12. The van der Waals surface area contributed by atoms with Gasteiger partial charge >= 0.3 is 0 Å². The topological polar surface area (TPSA) is 87.3 Å². The number of hydrogen-bond donors (Lipinski definition) is 3. The number of anilines is 3. The maximum Gasteiger partial charge on any atom is 0.255 e. The molecule has 42 heavy (non-hydrogen) atoms. The van der Waals surface area contributed by atoms with Gasteiger partial charge in [-0.2, -0.15) is 0 Å². The lowest BCUT2D eigenvalue weighted by Gasteiger charge is -2.15. The summed E-state index contributed by atoms with van der Waals surface area (Å²) in [6.07, 6.45) is 0. The third-order valence-electron chi connectivity index (χ3n) is 5.46. The van der Waals surface area contributed by atoms with Gasteiger partial charge in [-0.05, 0) is 150 Å². The molecule has 0 bridgehead atoms. The first-order valence-electron chi connectivity index (χ1n) is 11.3. The van der Waals surface area contributed by atoms with E-state index in [4.69, 9.17) is 0 Å². The molecule has 0 unspecified atom stereocenters. The van der Waals surface area contributed by atoms with Gasteiger partial charge < -0.3 is 16.0 Å². The number of amides is 3. The Hall–Kier alpha value is -0.390. The molecule has 0 radical (unpaired) electrons. The van der Waals surface area contributed by atoms with Crippen LogP contribution in [0.4, 0.5) is 17.1 Å². The quantitative estimate of drug-likeness (QED) is 0.180. The van der Waals surface area contributed by atoms with Gasteiger partial charge in [0.2, 0.25) is 0 Å². The summed E-state index contributed by atoms with van der Waals surface area (Å²) >= 11 is 31.0. The number of benzene rings is 4. The van der Waals surface area contributed by atoms with Crippen molar-refractivity contribution < 1.29 is 14.4 Å². The van der Waals surface area contributed by atoms with Gasteiger partial charge in [0.25, 0.3) is 17.7 Å². The molecule has 3 N–H and O–H groups in total. The summed E-state index contributed by atoms with van der Waals surface area (Å²) < 4.78 is 6.14. The fourth-order valence-electron chi connectivity index (χ4n) is 3.56. The third kappa shape index (κ3) is 8.45. The summed E-state index contributed by atoms with van der Waals surface area (Å²) in [5.41, 5.74) is 1.73. The van der Waals surface area contributed by atoms with Gasteiger partial charge in [0.1, 0.15) is 0 Å². The molecule has 0 aliphatic rings. The highest BCUT2D eigenvalue weighted by Gasteiger charge is 2.21. The lowest BCUT2D eigenvalue weighted by atomic mass is 10.0. The first-order chi connectivity index (χ1) is 19.7. The number of halogens is 9. The van der Waals surface area contributed by atoms with E-state index >= 15 is 0 Å². The predicted molar refractivity (Wildman–Crippen MR) is 199 cm³/mol. The molecule has 15 heteroatoms. The lowest BCUT2D eigenvalue weighted by molar-refractivity contribution is 0.102. The molecule has 0 aliphatic carbocycles. The number of rotatable bonds is 6. The number of carbonyl (C=O) groups excluding carboxylic acids is 3. The first-order valence-corrected chi connectivity index (χ1v) is 18.4. The number of hydrogen-bond acceptors (Lipinski definition) is 3. The fraction of sp³-hybridized carbons (Fsp3) is 0. The molecule has 0 fully saturated rings. The van der Waals surface area contributed by atoms with Gasteiger partial charge in [0.05, 0.1) is 17.1 Å². The summed E-state index contributed by atoms with van der Waals surface area (Å²) in [5.74, 6) is -1.58. The van der Waals surface area contributed by atoms with Crippen molar-refractivity contribution in [1.82, 2.24) is 0 Å². The molecule has 4 aromatic carbocycles. The van der Waals surface area contributed by atoms with Crippen LogP contribution in [0.3, 0.4) is 0 Å². The van der Waals surface area contributed by atoms with Crippen LogP contribution in [-0.2, 0) is 0 Å². The van der Waals surface area contributed by atoms with Gasteiger partial charge in [0, 0.05) is 56.9 Å². The molecular weight excluding hydrogens is 1130 g/mol. The van der Waals surface area contributed by atoms with Crippen LogP contribution in [-0.4, -0.2) is 17.7 Å². The van der Waals surface area contributed by atoms with E-state index in [1.54, 1.807) is 36.4 Å². The van der Waals surface area contributed by atoms with Crippen LogP contribution in [0.1, 0.15) is 31.1 Å². The van der Waals surface area contributed by atoms with Gasteiger partial charge in [-0.1, -0.05) is 47.8 Å². The highest BCUT2D eigenvalue weighted by Crippen LogP contribution is 2.37. The van der Waals surface area contributed by atoms with E-state index in [1.165, 1.54) is 18.2 Å². The normalized spacial score (nSPS) is 10.8. The van der Waals surface area contributed by atoms with E-state index in [9.17, 15) is 14.4 Å². The zero-order valence-corrected chi connectivity index (χ0v) is 34.6. The van der Waals surface area contributed by atoms with Gasteiger partial charge in [-0.3, -0.25) is 14.4 Å². The van der Waals surface area contributed by atoms with Crippen molar-refractivity contribution in [2.75, 3.05) is 16.0 Å². The van der Waals surface area contributed by atoms with Crippen LogP contribution in [0.5, 0.6) is 0 Å². The SMILES string of the molecule is O=C(Nc1c(Br)cc(Br)cc1Br)c1cc(C(=O)Nc2c(Br)cc(Br)cc2Br)cc(C(=O)Nc2c(Br)cc(Br)cc2Br)c1. The molecule has 0 heterocycles. The summed E-state index contributed by atoms with van der Waals surface area (Å²) in [6.45, 7) is 0. The molecule has 3 amide bonds. The van der Waals surface area contributed by atoms with Crippen LogP contribution >= 0.6 is 143 Å². The Kier molecular flexibility index (Phi) is 12.2. The Labute approximate surface area is 316 Å². The maximum absolute atomic E-state index is 13.5. The second-order valence-corrected chi connectivity index (χ2v) is 16.3. The number of carbonyl (C=O) groups is 3. The van der Waals surface area contributed by atoms with Crippen LogP contribution < -0.4 is 16.0 Å². The number of nitrogens with one attached hydrogen (secondary N) is 3. The molecule has 0 saturated carbocycles. The molecule has 0 atom stereocenters. The van der Waals surface area contributed by atoms with Crippen molar-refractivity contribution in [3.05, 3.63) is 112 Å². The van der Waals surface area contributed by atoms with E-state index in [1.807, 2.05) is 0 Å². The molecular formula is C27H12Br9N3O3. The average Bonchev–Trinajstić information content (AvgIpc) is 2.89. The molecule has 216 valence electrons. The monoisotopic (exact) mass is 1140 g/mol. The highest BCUT2D eigenvalue weighted by atomic mass is 79.9. The molecule has 0 spiro atoms. The third-order valence-corrected chi connectivity index (χ3v) is 10.6. The van der Waals surface area contributed by atoms with Crippen molar-refractivity contribution in [3.8, 4) is 0 Å². The Morgan fingerprint density at radius 1 is 0.357 bits per heavy atom. The van der Waals surface area contributed by atoms with Crippen molar-refractivity contribution in [2.45, 2.75) is 0 Å². The Balaban J connectivity index is 1.75. The van der Waals surface area contributed by atoms with Crippen LogP contribution in [0.25, 0.3) is 0 Å². The minimum Gasteiger partial charge on any atom is -0.320 e. The fourth-order valence-corrected chi connectivity index (χ4v) is 10.9. The largest absolute Gasteiger partial charge is 0.320 e. The van der Waals surface area contributed by atoms with Gasteiger partial charge in [0.15, 0.2) is 0 Å². The Morgan fingerprint density at radius 2 is 0.548 bits per heavy atom. The minimum absolute atomic E-state index is 0.0948. The molecule has 4 rings (SSSR count). The summed E-state index contributed by atoms with van der Waals surface area (Å²) in [7, 11) is 0. The van der Waals surface area contributed by atoms with E-state index in [2.05, 4.69) is 159 Å². The second-order valence-electron chi connectivity index (χ2n) is 8.39. The van der Waals surface area contributed by atoms with Crippen molar-refractivity contribution in [1.29, 1.82) is 0 Å². The molecule has 0 aromatic heterocycles. The van der Waals surface area contributed by atoms with E-state index in [0.717, 1.165) is 13.4 Å². The van der Waals surface area contributed by atoms with Crippen molar-refractivity contribution in [2.24, 2.45) is 0 Å². The average molecular weight is 1150 g/mol. The van der Waals surface area contributed by atoms with Crippen LogP contribution in [0, 0.1) is 0 Å². The second kappa shape index (κ2) is 14.8. The van der Waals surface area contributed by atoms with Crippen molar-refractivity contribution >= 4 is 178 Å². The molecule has 4 aromatic rings. The predicted octanol–water partition coefficient (Wildman–Crippen LogP) is 12.3. The lowest BCUT2D eigenvalue weighted by Crippen LogP contribution is -2.20. The summed E-state index contributed by atoms with van der Waals surface area (Å²) in [5, 5.41) is 8.54. The maximum atomic E-state index is 13.5. The Morgan fingerprint density at radius 3 is 0.738 bits per heavy atom.